The first kappa shape index (κ1) is 17.0. The molecule has 5 rings (SSSR count). The molecule has 0 spiro atoms. The molecule has 1 saturated heterocycles. The molecule has 1 aliphatic heterocycles. The number of benzene rings is 2. The second-order valence-corrected chi connectivity index (χ2v) is 8.63. The van der Waals surface area contributed by atoms with Gasteiger partial charge in [-0.05, 0) is 61.4 Å². The molecule has 0 aromatic heterocycles. The molecular formula is C24H27NO2. The molecule has 2 bridgehead atoms. The third-order valence-corrected chi connectivity index (χ3v) is 7.38. The van der Waals surface area contributed by atoms with E-state index in [-0.39, 0.29) is 11.2 Å². The zero-order valence-electron chi connectivity index (χ0n) is 15.7. The van der Waals surface area contributed by atoms with Crippen LogP contribution in [0.15, 0.2) is 48.5 Å². The molecule has 2 aromatic carbocycles. The van der Waals surface area contributed by atoms with Gasteiger partial charge >= 0.3 is 0 Å². The van der Waals surface area contributed by atoms with E-state index in [1.54, 1.807) is 0 Å². The zero-order chi connectivity index (χ0) is 18.4. The van der Waals surface area contributed by atoms with E-state index in [1.807, 2.05) is 42.5 Å². The van der Waals surface area contributed by atoms with Crippen LogP contribution in [-0.2, 0) is 11.8 Å². The number of piperidine rings is 1. The van der Waals surface area contributed by atoms with Gasteiger partial charge in [0.2, 0.25) is 0 Å². The van der Waals surface area contributed by atoms with Crippen LogP contribution in [0.25, 0.3) is 0 Å². The highest BCUT2D eigenvalue weighted by Crippen LogP contribution is 2.56. The summed E-state index contributed by atoms with van der Waals surface area (Å²) in [4.78, 5) is 15.3. The fourth-order valence-corrected chi connectivity index (χ4v) is 6.17. The highest BCUT2D eigenvalue weighted by atomic mass is 16.3. The van der Waals surface area contributed by atoms with E-state index in [2.05, 4.69) is 11.0 Å². The lowest BCUT2D eigenvalue weighted by Crippen LogP contribution is -2.61. The second-order valence-electron chi connectivity index (χ2n) is 8.63. The maximum atomic E-state index is 12.8. The molecule has 0 unspecified atom stereocenters. The van der Waals surface area contributed by atoms with E-state index in [0.29, 0.717) is 24.3 Å². The predicted octanol–water partition coefficient (Wildman–Crippen LogP) is 4.33. The van der Waals surface area contributed by atoms with Gasteiger partial charge in [-0.15, -0.1) is 0 Å². The molecule has 1 heterocycles. The lowest BCUT2D eigenvalue weighted by atomic mass is 9.52. The fraction of sp³-hybridized carbons (Fsp3) is 0.458. The maximum absolute atomic E-state index is 12.8. The molecule has 0 amide bonds. The summed E-state index contributed by atoms with van der Waals surface area (Å²) in [7, 11) is 0. The van der Waals surface area contributed by atoms with Gasteiger partial charge in [0.15, 0.2) is 5.78 Å². The van der Waals surface area contributed by atoms with Crippen molar-refractivity contribution in [3.63, 3.8) is 0 Å². The molecule has 3 atom stereocenters. The fourth-order valence-electron chi connectivity index (χ4n) is 6.17. The number of likely N-dealkylation sites (tertiary alicyclic amines) is 1. The summed E-state index contributed by atoms with van der Waals surface area (Å²) in [6.07, 6.45) is 7.15. The van der Waals surface area contributed by atoms with Crippen LogP contribution in [0, 0.1) is 5.92 Å². The van der Waals surface area contributed by atoms with Gasteiger partial charge in [0.1, 0.15) is 5.75 Å². The van der Waals surface area contributed by atoms with Gasteiger partial charge in [-0.25, -0.2) is 0 Å². The molecule has 27 heavy (non-hydrogen) atoms. The van der Waals surface area contributed by atoms with Crippen molar-refractivity contribution in [2.75, 3.05) is 13.1 Å². The Morgan fingerprint density at radius 3 is 2.81 bits per heavy atom. The molecule has 1 N–H and O–H groups in total. The minimum absolute atomic E-state index is 0.210. The maximum Gasteiger partial charge on any atom is 0.176 e. The molecular weight excluding hydrogens is 334 g/mol. The molecule has 2 fully saturated rings. The standard InChI is InChI=1S/C24H27NO2/c26-19-10-9-18-14-22-20-8-4-5-11-24(20,21(18)15-19)12-13-25(22)16-23(27)17-6-2-1-3-7-17/h1-3,6-7,9-10,15,20,22,26H,4-5,8,11-14,16H2/t20-,22-,24+/m0/s1. The van der Waals surface area contributed by atoms with Gasteiger partial charge in [-0.2, -0.15) is 0 Å². The Morgan fingerprint density at radius 2 is 1.96 bits per heavy atom. The molecule has 3 nitrogen and oxygen atoms in total. The van der Waals surface area contributed by atoms with Crippen molar-refractivity contribution in [3.8, 4) is 5.75 Å². The first-order valence-corrected chi connectivity index (χ1v) is 10.3. The van der Waals surface area contributed by atoms with Crippen molar-refractivity contribution in [1.82, 2.24) is 4.90 Å². The highest BCUT2D eigenvalue weighted by Gasteiger charge is 2.53. The van der Waals surface area contributed by atoms with Crippen molar-refractivity contribution in [1.29, 1.82) is 0 Å². The summed E-state index contributed by atoms with van der Waals surface area (Å²) in [5.74, 6) is 1.24. The van der Waals surface area contributed by atoms with Gasteiger partial charge in [-0.1, -0.05) is 49.2 Å². The van der Waals surface area contributed by atoms with Crippen LogP contribution in [0.2, 0.25) is 0 Å². The number of ketones is 1. The van der Waals surface area contributed by atoms with Crippen LogP contribution in [0.4, 0.5) is 0 Å². The number of fused-ring (bicyclic) bond motifs is 1. The Balaban J connectivity index is 1.48. The van der Waals surface area contributed by atoms with E-state index >= 15 is 0 Å². The summed E-state index contributed by atoms with van der Waals surface area (Å²) in [6.45, 7) is 1.50. The lowest BCUT2D eigenvalue weighted by molar-refractivity contribution is -0.00848. The minimum atomic E-state index is 0.210. The van der Waals surface area contributed by atoms with E-state index in [9.17, 15) is 9.90 Å². The van der Waals surface area contributed by atoms with E-state index in [4.69, 9.17) is 0 Å². The van der Waals surface area contributed by atoms with Crippen molar-refractivity contribution in [2.45, 2.75) is 50.0 Å². The van der Waals surface area contributed by atoms with Gasteiger partial charge in [0.25, 0.3) is 0 Å². The molecule has 2 aliphatic carbocycles. The van der Waals surface area contributed by atoms with E-state index < -0.39 is 0 Å². The number of phenols is 1. The average Bonchev–Trinajstić information content (AvgIpc) is 2.71. The Labute approximate surface area is 161 Å². The number of phenolic OH excluding ortho intramolecular Hbond substituents is 1. The molecule has 0 radical (unpaired) electrons. The Kier molecular flexibility index (Phi) is 4.08. The first-order valence-electron chi connectivity index (χ1n) is 10.3. The quantitative estimate of drug-likeness (QED) is 0.827. The highest BCUT2D eigenvalue weighted by molar-refractivity contribution is 5.97. The number of hydrogen-bond acceptors (Lipinski definition) is 3. The third-order valence-electron chi connectivity index (χ3n) is 7.38. The van der Waals surface area contributed by atoms with Crippen molar-refractivity contribution in [3.05, 3.63) is 65.2 Å². The minimum Gasteiger partial charge on any atom is -0.508 e. The second kappa shape index (κ2) is 6.49. The molecule has 2 aromatic rings. The first-order chi connectivity index (χ1) is 13.2. The van der Waals surface area contributed by atoms with Crippen LogP contribution in [0.1, 0.15) is 53.6 Å². The molecule has 3 aliphatic rings. The van der Waals surface area contributed by atoms with Crippen molar-refractivity contribution in [2.24, 2.45) is 5.92 Å². The number of carbonyl (C=O) groups excluding carboxylic acids is 1. The number of carbonyl (C=O) groups is 1. The smallest absolute Gasteiger partial charge is 0.176 e. The summed E-state index contributed by atoms with van der Waals surface area (Å²) in [5, 5.41) is 10.1. The molecule has 140 valence electrons. The summed E-state index contributed by atoms with van der Waals surface area (Å²) in [6, 6.07) is 16.1. The van der Waals surface area contributed by atoms with Crippen LogP contribution < -0.4 is 0 Å². The monoisotopic (exact) mass is 361 g/mol. The van der Waals surface area contributed by atoms with Gasteiger partial charge in [0.05, 0.1) is 6.54 Å². The van der Waals surface area contributed by atoms with E-state index in [0.717, 1.165) is 24.9 Å². The Bertz CT molecular complexity index is 862. The Hall–Kier alpha value is -2.13. The number of hydrogen-bond donors (Lipinski definition) is 1. The van der Waals surface area contributed by atoms with Crippen molar-refractivity contribution >= 4 is 5.78 Å². The number of nitrogens with zero attached hydrogens (tertiary/aromatic N) is 1. The van der Waals surface area contributed by atoms with Crippen LogP contribution in [0.3, 0.4) is 0 Å². The largest absolute Gasteiger partial charge is 0.508 e. The number of rotatable bonds is 3. The SMILES string of the molecule is O=C(CN1CC[C@]23CCCC[C@H]2[C@@H]1Cc1ccc(O)cc13)c1ccccc1. The van der Waals surface area contributed by atoms with Crippen molar-refractivity contribution < 1.29 is 9.90 Å². The number of Topliss-reactive ketones (excluding diaryl/α,β-unsaturated/α-hetero) is 1. The van der Waals surface area contributed by atoms with E-state index in [1.165, 1.54) is 36.8 Å². The molecule has 3 heteroatoms. The predicted molar refractivity (Wildman–Crippen MR) is 106 cm³/mol. The average molecular weight is 361 g/mol. The summed E-state index contributed by atoms with van der Waals surface area (Å²) < 4.78 is 0. The normalized spacial score (nSPS) is 29.6. The van der Waals surface area contributed by atoms with Gasteiger partial charge < -0.3 is 5.11 Å². The Morgan fingerprint density at radius 1 is 1.11 bits per heavy atom. The zero-order valence-corrected chi connectivity index (χ0v) is 15.7. The third kappa shape index (κ3) is 2.71. The summed E-state index contributed by atoms with van der Waals surface area (Å²) in [5.41, 5.74) is 3.81. The lowest BCUT2D eigenvalue weighted by Gasteiger charge is -2.59. The van der Waals surface area contributed by atoms with Gasteiger partial charge in [-0.3, -0.25) is 9.69 Å². The van der Waals surface area contributed by atoms with Crippen LogP contribution >= 0.6 is 0 Å². The summed E-state index contributed by atoms with van der Waals surface area (Å²) >= 11 is 0. The number of aromatic hydroxyl groups is 1. The van der Waals surface area contributed by atoms with Crippen LogP contribution in [0.5, 0.6) is 5.75 Å². The topological polar surface area (TPSA) is 40.5 Å². The van der Waals surface area contributed by atoms with Crippen LogP contribution in [-0.4, -0.2) is 34.9 Å². The molecule has 1 saturated carbocycles. The van der Waals surface area contributed by atoms with Gasteiger partial charge in [0, 0.05) is 17.0 Å².